The maximum absolute atomic E-state index is 9.90. The number of nitrogens with zero attached hydrogens (tertiary/aromatic N) is 1. The van der Waals surface area contributed by atoms with Crippen molar-refractivity contribution >= 4 is 0 Å². The van der Waals surface area contributed by atoms with Crippen LogP contribution in [0.4, 0.5) is 0 Å². The minimum atomic E-state index is -1.31. The zero-order valence-corrected chi connectivity index (χ0v) is 8.42. The summed E-state index contributed by atoms with van der Waals surface area (Å²) >= 11 is 0. The Labute approximate surface area is 74.6 Å². The molecule has 0 aliphatic carbocycles. The molecule has 0 aromatic rings. The van der Waals surface area contributed by atoms with Crippen LogP contribution in [-0.4, -0.2) is 36.6 Å². The normalized spacial score (nSPS) is 16.2. The van der Waals surface area contributed by atoms with Gasteiger partial charge in [-0.15, -0.1) is 0 Å². The largest absolute Gasteiger partial charge is 0.350 e. The second-order valence-corrected chi connectivity index (χ2v) is 3.13. The third-order valence-corrected chi connectivity index (χ3v) is 1.67. The highest BCUT2D eigenvalue weighted by molar-refractivity contribution is 5.01. The average molecular weight is 173 g/mol. The predicted octanol–water partition coefficient (Wildman–Crippen LogP) is 1.20. The molecule has 0 heterocycles. The third-order valence-electron chi connectivity index (χ3n) is 1.67. The Kier molecular flexibility index (Phi) is 4.45. The lowest BCUT2D eigenvalue weighted by atomic mass is 10.2. The summed E-state index contributed by atoms with van der Waals surface area (Å²) in [6.45, 7) is 7.95. The fourth-order valence-electron chi connectivity index (χ4n) is 0.878. The molecule has 0 radical (unpaired) electrons. The lowest BCUT2D eigenvalue weighted by Gasteiger charge is -2.34. The van der Waals surface area contributed by atoms with E-state index in [0.717, 1.165) is 6.42 Å². The lowest BCUT2D eigenvalue weighted by molar-refractivity contribution is -0.252. The van der Waals surface area contributed by atoms with E-state index in [1.165, 1.54) is 0 Å². The number of aliphatic hydroxyl groups is 1. The van der Waals surface area contributed by atoms with E-state index in [1.807, 2.05) is 6.92 Å². The summed E-state index contributed by atoms with van der Waals surface area (Å²) in [6, 6.07) is 0. The first-order valence-electron chi connectivity index (χ1n) is 4.15. The summed E-state index contributed by atoms with van der Waals surface area (Å²) in [6.07, 6.45) is 0.878. The standard InChI is InChI=1S/C9H19NO2/c1-6-7-12-9(11,8(2)3)10(4)5/h11H,2,6-7H2,1,3-5H3. The van der Waals surface area contributed by atoms with Crippen molar-refractivity contribution in [1.82, 2.24) is 4.90 Å². The van der Waals surface area contributed by atoms with E-state index in [0.29, 0.717) is 12.2 Å². The molecule has 0 aromatic heterocycles. The fraction of sp³-hybridized carbons (Fsp3) is 0.778. The van der Waals surface area contributed by atoms with Gasteiger partial charge >= 0.3 is 0 Å². The molecule has 72 valence electrons. The van der Waals surface area contributed by atoms with E-state index in [4.69, 9.17) is 4.74 Å². The van der Waals surface area contributed by atoms with Gasteiger partial charge in [-0.3, -0.25) is 4.90 Å². The number of hydrogen-bond acceptors (Lipinski definition) is 3. The van der Waals surface area contributed by atoms with Gasteiger partial charge in [-0.05, 0) is 33.0 Å². The minimum absolute atomic E-state index is 0.529. The molecular formula is C9H19NO2. The van der Waals surface area contributed by atoms with Crippen LogP contribution in [0.25, 0.3) is 0 Å². The Balaban J connectivity index is 4.29. The van der Waals surface area contributed by atoms with Crippen molar-refractivity contribution in [3.63, 3.8) is 0 Å². The molecule has 3 heteroatoms. The van der Waals surface area contributed by atoms with Crippen LogP contribution in [0.2, 0.25) is 0 Å². The summed E-state index contributed by atoms with van der Waals surface area (Å²) in [5, 5.41) is 9.90. The van der Waals surface area contributed by atoms with Crippen molar-refractivity contribution in [3.8, 4) is 0 Å². The Morgan fingerprint density at radius 1 is 1.58 bits per heavy atom. The fourth-order valence-corrected chi connectivity index (χ4v) is 0.878. The van der Waals surface area contributed by atoms with Gasteiger partial charge in [0.1, 0.15) is 0 Å². The topological polar surface area (TPSA) is 32.7 Å². The lowest BCUT2D eigenvalue weighted by Crippen LogP contribution is -2.47. The van der Waals surface area contributed by atoms with E-state index in [-0.39, 0.29) is 0 Å². The first-order chi connectivity index (χ1) is 5.45. The second-order valence-electron chi connectivity index (χ2n) is 3.13. The van der Waals surface area contributed by atoms with Crippen LogP contribution in [-0.2, 0) is 4.74 Å². The summed E-state index contributed by atoms with van der Waals surface area (Å²) < 4.78 is 5.28. The highest BCUT2D eigenvalue weighted by atomic mass is 16.6. The molecule has 3 nitrogen and oxygen atoms in total. The molecule has 0 aromatic carbocycles. The molecule has 0 saturated carbocycles. The van der Waals surface area contributed by atoms with Crippen LogP contribution in [0.3, 0.4) is 0 Å². The number of rotatable bonds is 5. The van der Waals surface area contributed by atoms with Crippen molar-refractivity contribution in [3.05, 3.63) is 12.2 Å². The first kappa shape index (κ1) is 11.6. The van der Waals surface area contributed by atoms with Gasteiger partial charge in [0.2, 0.25) is 0 Å². The molecule has 0 saturated heterocycles. The van der Waals surface area contributed by atoms with Gasteiger partial charge in [-0.2, -0.15) is 0 Å². The Morgan fingerprint density at radius 2 is 2.08 bits per heavy atom. The number of ether oxygens (including phenoxy) is 1. The SMILES string of the molecule is C=C(C)C(O)(OCCC)N(C)C. The van der Waals surface area contributed by atoms with Crippen molar-refractivity contribution in [2.75, 3.05) is 20.7 Å². The van der Waals surface area contributed by atoms with E-state index in [1.54, 1.807) is 25.9 Å². The number of hydrogen-bond donors (Lipinski definition) is 1. The molecule has 0 rings (SSSR count). The van der Waals surface area contributed by atoms with Gasteiger partial charge in [0.05, 0.1) is 6.61 Å². The summed E-state index contributed by atoms with van der Waals surface area (Å²) in [7, 11) is 3.51. The van der Waals surface area contributed by atoms with Gasteiger partial charge in [-0.1, -0.05) is 13.5 Å². The van der Waals surface area contributed by atoms with Crippen LogP contribution in [0.15, 0.2) is 12.2 Å². The van der Waals surface area contributed by atoms with Crippen LogP contribution >= 0.6 is 0 Å². The predicted molar refractivity (Wildman–Crippen MR) is 49.7 cm³/mol. The summed E-state index contributed by atoms with van der Waals surface area (Å²) in [5.41, 5.74) is 0.598. The highest BCUT2D eigenvalue weighted by Crippen LogP contribution is 2.18. The molecule has 0 aliphatic heterocycles. The molecule has 12 heavy (non-hydrogen) atoms. The summed E-state index contributed by atoms with van der Waals surface area (Å²) in [5.74, 6) is -1.31. The molecule has 1 N–H and O–H groups in total. The monoisotopic (exact) mass is 173 g/mol. The third kappa shape index (κ3) is 2.59. The van der Waals surface area contributed by atoms with Gasteiger partial charge in [0.15, 0.2) is 0 Å². The van der Waals surface area contributed by atoms with E-state index in [9.17, 15) is 5.11 Å². The van der Waals surface area contributed by atoms with E-state index < -0.39 is 5.91 Å². The molecule has 1 atom stereocenters. The van der Waals surface area contributed by atoms with Gasteiger partial charge < -0.3 is 9.84 Å². The van der Waals surface area contributed by atoms with Gasteiger partial charge in [-0.25, -0.2) is 0 Å². The maximum atomic E-state index is 9.90. The van der Waals surface area contributed by atoms with Crippen LogP contribution in [0.1, 0.15) is 20.3 Å². The first-order valence-corrected chi connectivity index (χ1v) is 4.15. The highest BCUT2D eigenvalue weighted by Gasteiger charge is 2.31. The molecule has 0 aliphatic rings. The zero-order valence-electron chi connectivity index (χ0n) is 8.42. The Hall–Kier alpha value is -0.380. The smallest absolute Gasteiger partial charge is 0.250 e. The molecule has 0 bridgehead atoms. The molecule has 0 fully saturated rings. The molecule has 0 spiro atoms. The van der Waals surface area contributed by atoms with Crippen LogP contribution in [0.5, 0.6) is 0 Å². The molecule has 1 unspecified atom stereocenters. The van der Waals surface area contributed by atoms with Crippen LogP contribution in [0, 0.1) is 0 Å². The quantitative estimate of drug-likeness (QED) is 0.501. The molecule has 0 amide bonds. The van der Waals surface area contributed by atoms with Gasteiger partial charge in [0, 0.05) is 0 Å². The maximum Gasteiger partial charge on any atom is 0.250 e. The van der Waals surface area contributed by atoms with E-state index >= 15 is 0 Å². The van der Waals surface area contributed by atoms with Crippen LogP contribution < -0.4 is 0 Å². The minimum Gasteiger partial charge on any atom is -0.350 e. The summed E-state index contributed by atoms with van der Waals surface area (Å²) in [4.78, 5) is 1.60. The van der Waals surface area contributed by atoms with Crippen molar-refractivity contribution in [2.24, 2.45) is 0 Å². The van der Waals surface area contributed by atoms with Crippen molar-refractivity contribution in [2.45, 2.75) is 26.2 Å². The Bertz CT molecular complexity index is 157. The van der Waals surface area contributed by atoms with E-state index in [2.05, 4.69) is 6.58 Å². The van der Waals surface area contributed by atoms with Crippen molar-refractivity contribution in [1.29, 1.82) is 0 Å². The molecular weight excluding hydrogens is 154 g/mol. The second kappa shape index (κ2) is 4.60. The number of likely N-dealkylation sites (N-methyl/N-ethyl adjacent to an activating group) is 1. The average Bonchev–Trinajstić information content (AvgIpc) is 1.99. The zero-order chi connectivity index (χ0) is 9.78. The Morgan fingerprint density at radius 3 is 2.33 bits per heavy atom. The van der Waals surface area contributed by atoms with Gasteiger partial charge in [0.25, 0.3) is 5.91 Å². The van der Waals surface area contributed by atoms with Crippen molar-refractivity contribution < 1.29 is 9.84 Å².